The van der Waals surface area contributed by atoms with Crippen molar-refractivity contribution >= 4 is 32.8 Å². The molecule has 1 N–H and O–H groups in total. The van der Waals surface area contributed by atoms with E-state index in [2.05, 4.69) is 90.5 Å². The van der Waals surface area contributed by atoms with Gasteiger partial charge in [0.1, 0.15) is 12.1 Å². The molecule has 2 heterocycles. The molecule has 0 aliphatic heterocycles. The Morgan fingerprint density at radius 2 is 1.50 bits per heavy atom. The summed E-state index contributed by atoms with van der Waals surface area (Å²) < 4.78 is 3.17. The normalized spacial score (nSPS) is 11.0. The number of nitrogens with one attached hydrogen (secondary N) is 1. The van der Waals surface area contributed by atoms with Gasteiger partial charge >= 0.3 is 0 Å². The van der Waals surface area contributed by atoms with Gasteiger partial charge < -0.3 is 9.88 Å². The molecule has 0 atom stereocenters. The van der Waals surface area contributed by atoms with E-state index in [-0.39, 0.29) is 0 Å². The lowest BCUT2D eigenvalue weighted by molar-refractivity contribution is 1.06. The maximum atomic E-state index is 4.64. The molecular weight excluding hydrogens is 436 g/mol. The molecule has 0 spiro atoms. The number of fused-ring (bicyclic) bond motifs is 1. The van der Waals surface area contributed by atoms with E-state index in [9.17, 15) is 0 Å². The van der Waals surface area contributed by atoms with Crippen molar-refractivity contribution in [2.45, 2.75) is 6.54 Å². The highest BCUT2D eigenvalue weighted by Gasteiger charge is 2.17. The Morgan fingerprint density at radius 3 is 2.23 bits per heavy atom. The average molecular weight is 455 g/mol. The second kappa shape index (κ2) is 8.13. The highest BCUT2D eigenvalue weighted by molar-refractivity contribution is 9.10. The number of benzene rings is 3. The van der Waals surface area contributed by atoms with Crippen LogP contribution in [-0.4, -0.2) is 14.5 Å². The minimum atomic E-state index is 0.699. The van der Waals surface area contributed by atoms with Gasteiger partial charge in [0.2, 0.25) is 0 Å². The molecule has 0 aliphatic carbocycles. The zero-order valence-corrected chi connectivity index (χ0v) is 17.8. The van der Waals surface area contributed by atoms with Crippen LogP contribution in [0.1, 0.15) is 5.56 Å². The average Bonchev–Trinajstić information content (AvgIpc) is 3.20. The van der Waals surface area contributed by atoms with Gasteiger partial charge in [0, 0.05) is 28.5 Å². The second-order valence-corrected chi connectivity index (χ2v) is 7.93. The van der Waals surface area contributed by atoms with E-state index in [0.29, 0.717) is 6.54 Å². The van der Waals surface area contributed by atoms with Crippen molar-refractivity contribution in [3.63, 3.8) is 0 Å². The lowest BCUT2D eigenvalue weighted by Gasteiger charge is -2.09. The Kier molecular flexibility index (Phi) is 5.03. The molecule has 0 saturated carbocycles. The molecule has 5 heteroatoms. The SMILES string of the molecule is Brc1ccc(-n2cc(-c3ccccc3)c3c(NCc4ccccc4)ncnc32)cc1. The lowest BCUT2D eigenvalue weighted by Crippen LogP contribution is -2.03. The topological polar surface area (TPSA) is 42.7 Å². The minimum Gasteiger partial charge on any atom is -0.365 e. The van der Waals surface area contributed by atoms with Gasteiger partial charge in [-0.05, 0) is 35.4 Å². The van der Waals surface area contributed by atoms with Crippen molar-refractivity contribution in [2.24, 2.45) is 0 Å². The predicted molar refractivity (Wildman–Crippen MR) is 126 cm³/mol. The fourth-order valence-electron chi connectivity index (χ4n) is 3.61. The highest BCUT2D eigenvalue weighted by atomic mass is 79.9. The Bertz CT molecular complexity index is 1280. The highest BCUT2D eigenvalue weighted by Crippen LogP contribution is 2.35. The van der Waals surface area contributed by atoms with Crippen LogP contribution >= 0.6 is 15.9 Å². The number of anilines is 1. The van der Waals surface area contributed by atoms with E-state index in [1.54, 1.807) is 6.33 Å². The van der Waals surface area contributed by atoms with Crippen LogP contribution in [0.5, 0.6) is 0 Å². The van der Waals surface area contributed by atoms with Gasteiger partial charge in [-0.25, -0.2) is 9.97 Å². The first-order chi connectivity index (χ1) is 14.8. The van der Waals surface area contributed by atoms with Gasteiger partial charge in [0.15, 0.2) is 5.65 Å². The number of hydrogen-bond donors (Lipinski definition) is 1. The second-order valence-electron chi connectivity index (χ2n) is 7.02. The molecule has 30 heavy (non-hydrogen) atoms. The van der Waals surface area contributed by atoms with E-state index in [1.165, 1.54) is 5.56 Å². The fourth-order valence-corrected chi connectivity index (χ4v) is 3.88. The Labute approximate surface area is 183 Å². The molecule has 5 rings (SSSR count). The molecule has 3 aromatic carbocycles. The van der Waals surface area contributed by atoms with Crippen molar-refractivity contribution in [3.05, 3.63) is 107 Å². The number of nitrogens with zero attached hydrogens (tertiary/aromatic N) is 3. The fraction of sp³-hybridized carbons (Fsp3) is 0.0400. The lowest BCUT2D eigenvalue weighted by atomic mass is 10.1. The van der Waals surface area contributed by atoms with Crippen molar-refractivity contribution in [1.82, 2.24) is 14.5 Å². The molecule has 4 nitrogen and oxygen atoms in total. The summed E-state index contributed by atoms with van der Waals surface area (Å²) in [6, 6.07) is 29.0. The summed E-state index contributed by atoms with van der Waals surface area (Å²) in [5, 5.41) is 4.53. The van der Waals surface area contributed by atoms with Crippen LogP contribution < -0.4 is 5.32 Å². The third kappa shape index (κ3) is 3.60. The van der Waals surface area contributed by atoms with Crippen LogP contribution in [0.25, 0.3) is 27.8 Å². The largest absolute Gasteiger partial charge is 0.365 e. The van der Waals surface area contributed by atoms with Crippen molar-refractivity contribution in [2.75, 3.05) is 5.32 Å². The van der Waals surface area contributed by atoms with Gasteiger partial charge in [-0.2, -0.15) is 0 Å². The molecule has 5 aromatic rings. The van der Waals surface area contributed by atoms with Gasteiger partial charge in [-0.3, -0.25) is 0 Å². The Hall–Kier alpha value is -3.44. The van der Waals surface area contributed by atoms with E-state index >= 15 is 0 Å². The molecule has 146 valence electrons. The monoisotopic (exact) mass is 454 g/mol. The van der Waals surface area contributed by atoms with Gasteiger partial charge in [-0.1, -0.05) is 76.6 Å². The first-order valence-corrected chi connectivity index (χ1v) is 10.5. The van der Waals surface area contributed by atoms with E-state index < -0.39 is 0 Å². The third-order valence-electron chi connectivity index (χ3n) is 5.08. The van der Waals surface area contributed by atoms with Crippen LogP contribution in [0.15, 0.2) is 102 Å². The molecule has 0 fully saturated rings. The smallest absolute Gasteiger partial charge is 0.150 e. The first-order valence-electron chi connectivity index (χ1n) is 9.75. The summed E-state index contributed by atoms with van der Waals surface area (Å²) in [6.45, 7) is 0.699. The summed E-state index contributed by atoms with van der Waals surface area (Å²) in [4.78, 5) is 9.23. The Morgan fingerprint density at radius 1 is 0.800 bits per heavy atom. The quantitative estimate of drug-likeness (QED) is 0.331. The molecule has 0 radical (unpaired) electrons. The molecular formula is C25H19BrN4. The van der Waals surface area contributed by atoms with E-state index in [4.69, 9.17) is 0 Å². The number of rotatable bonds is 5. The van der Waals surface area contributed by atoms with E-state index in [1.807, 2.05) is 36.4 Å². The zero-order valence-electron chi connectivity index (χ0n) is 16.2. The van der Waals surface area contributed by atoms with Crippen molar-refractivity contribution < 1.29 is 0 Å². The molecule has 0 unspecified atom stereocenters. The predicted octanol–water partition coefficient (Wildman–Crippen LogP) is 6.46. The van der Waals surface area contributed by atoms with E-state index in [0.717, 1.165) is 38.1 Å². The van der Waals surface area contributed by atoms with Crippen LogP contribution in [0.2, 0.25) is 0 Å². The summed E-state index contributed by atoms with van der Waals surface area (Å²) in [5.74, 6) is 0.832. The van der Waals surface area contributed by atoms with Gasteiger partial charge in [0.25, 0.3) is 0 Å². The van der Waals surface area contributed by atoms with Crippen LogP contribution in [0.3, 0.4) is 0 Å². The third-order valence-corrected chi connectivity index (χ3v) is 5.60. The van der Waals surface area contributed by atoms with Crippen LogP contribution in [0, 0.1) is 0 Å². The number of halogens is 1. The minimum absolute atomic E-state index is 0.699. The number of hydrogen-bond acceptors (Lipinski definition) is 3. The number of aromatic nitrogens is 3. The molecule has 0 bridgehead atoms. The summed E-state index contributed by atoms with van der Waals surface area (Å²) >= 11 is 3.52. The first kappa shape index (κ1) is 18.6. The van der Waals surface area contributed by atoms with Gasteiger partial charge in [-0.15, -0.1) is 0 Å². The van der Waals surface area contributed by atoms with Crippen LogP contribution in [0.4, 0.5) is 5.82 Å². The zero-order chi connectivity index (χ0) is 20.3. The summed E-state index contributed by atoms with van der Waals surface area (Å²) in [6.07, 6.45) is 3.77. The molecule has 0 saturated heterocycles. The summed E-state index contributed by atoms with van der Waals surface area (Å²) in [5.41, 5.74) is 5.37. The molecule has 0 aliphatic rings. The van der Waals surface area contributed by atoms with Gasteiger partial charge in [0.05, 0.1) is 5.39 Å². The molecule has 0 amide bonds. The summed E-state index contributed by atoms with van der Waals surface area (Å²) in [7, 11) is 0. The maximum Gasteiger partial charge on any atom is 0.150 e. The van der Waals surface area contributed by atoms with Crippen LogP contribution in [-0.2, 0) is 6.54 Å². The molecule has 2 aromatic heterocycles. The Balaban J connectivity index is 1.67. The standard InChI is InChI=1S/C25H19BrN4/c26-20-11-13-21(14-12-20)30-16-22(19-9-5-2-6-10-19)23-24(28-17-29-25(23)30)27-15-18-7-3-1-4-8-18/h1-14,16-17H,15H2,(H,27,28,29). The van der Waals surface area contributed by atoms with Crippen molar-refractivity contribution in [1.29, 1.82) is 0 Å². The maximum absolute atomic E-state index is 4.64. The van der Waals surface area contributed by atoms with Crippen molar-refractivity contribution in [3.8, 4) is 16.8 Å².